The van der Waals surface area contributed by atoms with Gasteiger partial charge in [-0.1, -0.05) is 54.2 Å². The van der Waals surface area contributed by atoms with Gasteiger partial charge < -0.3 is 10.1 Å². The monoisotopic (exact) mass is 448 g/mol. The Balaban J connectivity index is 1.52. The molecule has 0 radical (unpaired) electrons. The predicted octanol–water partition coefficient (Wildman–Crippen LogP) is 4.81. The first-order chi connectivity index (χ1) is 15.6. The molecule has 7 heteroatoms. The molecule has 1 heterocycles. The maximum absolute atomic E-state index is 13.0. The number of carbonyl (C=O) groups is 1. The lowest BCUT2D eigenvalue weighted by atomic mass is 9.88. The van der Waals surface area contributed by atoms with Gasteiger partial charge in [0.1, 0.15) is 5.75 Å². The van der Waals surface area contributed by atoms with Gasteiger partial charge in [-0.25, -0.2) is 0 Å². The first-order valence-corrected chi connectivity index (χ1v) is 11.7. The van der Waals surface area contributed by atoms with E-state index < -0.39 is 0 Å². The van der Waals surface area contributed by atoms with Crippen molar-refractivity contribution in [2.45, 2.75) is 49.2 Å². The Bertz CT molecular complexity index is 1110. The molecule has 1 aromatic heterocycles. The van der Waals surface area contributed by atoms with Gasteiger partial charge in [-0.3, -0.25) is 9.36 Å². The molecule has 2 atom stereocenters. The quantitative estimate of drug-likeness (QED) is 0.395. The van der Waals surface area contributed by atoms with E-state index in [4.69, 9.17) is 4.74 Å². The highest BCUT2D eigenvalue weighted by Gasteiger charge is 2.26. The second kappa shape index (κ2) is 10.0. The number of nitrogens with zero attached hydrogens (tertiary/aromatic N) is 3. The molecule has 0 unspecified atom stereocenters. The minimum absolute atomic E-state index is 0.00342. The van der Waals surface area contributed by atoms with Crippen molar-refractivity contribution in [2.75, 3.05) is 7.11 Å². The molecule has 2 aromatic carbocycles. The van der Waals surface area contributed by atoms with Crippen LogP contribution in [0.1, 0.15) is 36.9 Å². The lowest BCUT2D eigenvalue weighted by molar-refractivity contribution is -0.121. The molecule has 0 bridgehead atoms. The number of thioether (sulfide) groups is 1. The third-order valence-corrected chi connectivity index (χ3v) is 6.79. The maximum Gasteiger partial charge on any atom is 0.233 e. The number of hydrogen-bond donors (Lipinski definition) is 1. The van der Waals surface area contributed by atoms with Crippen LogP contribution < -0.4 is 10.1 Å². The first kappa shape index (κ1) is 22.1. The molecule has 32 heavy (non-hydrogen) atoms. The smallest absolute Gasteiger partial charge is 0.233 e. The van der Waals surface area contributed by atoms with Crippen molar-refractivity contribution in [1.82, 2.24) is 20.1 Å². The topological polar surface area (TPSA) is 69.0 Å². The van der Waals surface area contributed by atoms with Crippen molar-refractivity contribution in [3.8, 4) is 17.1 Å². The number of aromatic nitrogens is 3. The zero-order valence-corrected chi connectivity index (χ0v) is 19.3. The van der Waals surface area contributed by atoms with Crippen LogP contribution in [0, 0.1) is 0 Å². The summed E-state index contributed by atoms with van der Waals surface area (Å²) in [6.07, 6.45) is 4.92. The minimum atomic E-state index is -0.317. The summed E-state index contributed by atoms with van der Waals surface area (Å²) in [5, 5.41) is 12.4. The van der Waals surface area contributed by atoms with Crippen LogP contribution >= 0.6 is 11.8 Å². The van der Waals surface area contributed by atoms with E-state index in [1.165, 1.54) is 22.9 Å². The van der Waals surface area contributed by atoms with Gasteiger partial charge in [0.25, 0.3) is 0 Å². The van der Waals surface area contributed by atoms with E-state index in [1.54, 1.807) is 13.2 Å². The van der Waals surface area contributed by atoms with Gasteiger partial charge in [-0.05, 0) is 49.4 Å². The van der Waals surface area contributed by atoms with E-state index in [-0.39, 0.29) is 17.2 Å². The van der Waals surface area contributed by atoms with E-state index in [9.17, 15) is 4.79 Å². The van der Waals surface area contributed by atoms with Gasteiger partial charge in [0, 0.05) is 6.54 Å². The van der Waals surface area contributed by atoms with Crippen molar-refractivity contribution in [1.29, 1.82) is 0 Å². The number of amides is 1. The molecule has 0 fully saturated rings. The lowest BCUT2D eigenvalue weighted by Crippen LogP contribution is -2.36. The molecule has 0 aliphatic heterocycles. The summed E-state index contributed by atoms with van der Waals surface area (Å²) in [5.41, 5.74) is 3.42. The molecule has 6 nitrogen and oxygen atoms in total. The first-order valence-electron chi connectivity index (χ1n) is 10.8. The molecular formula is C25H28N4O2S. The van der Waals surface area contributed by atoms with Crippen LogP contribution in [0.25, 0.3) is 11.4 Å². The molecule has 3 aromatic rings. The molecular weight excluding hydrogens is 420 g/mol. The average molecular weight is 449 g/mol. The zero-order chi connectivity index (χ0) is 22.5. The Morgan fingerprint density at radius 1 is 1.28 bits per heavy atom. The summed E-state index contributed by atoms with van der Waals surface area (Å²) >= 11 is 1.41. The number of fused-ring (bicyclic) bond motifs is 1. The molecule has 1 N–H and O–H groups in total. The van der Waals surface area contributed by atoms with Crippen LogP contribution in [-0.4, -0.2) is 33.0 Å². The maximum atomic E-state index is 13.0. The number of benzene rings is 2. The lowest BCUT2D eigenvalue weighted by Gasteiger charge is -2.27. The van der Waals surface area contributed by atoms with Gasteiger partial charge in [0.05, 0.1) is 24.0 Å². The predicted molar refractivity (Wildman–Crippen MR) is 128 cm³/mol. The Morgan fingerprint density at radius 2 is 2.06 bits per heavy atom. The number of hydrogen-bond acceptors (Lipinski definition) is 5. The number of carbonyl (C=O) groups excluding carboxylic acids is 1. The van der Waals surface area contributed by atoms with Crippen LogP contribution in [0.3, 0.4) is 0 Å². The number of para-hydroxylation sites is 1. The van der Waals surface area contributed by atoms with Crippen LogP contribution in [0.5, 0.6) is 5.75 Å². The van der Waals surface area contributed by atoms with Crippen LogP contribution in [-0.2, 0) is 17.8 Å². The molecule has 0 spiro atoms. The van der Waals surface area contributed by atoms with E-state index in [1.807, 2.05) is 41.8 Å². The molecule has 4 rings (SSSR count). The second-order valence-electron chi connectivity index (χ2n) is 7.82. The fourth-order valence-corrected chi connectivity index (χ4v) is 4.97. The molecule has 1 aliphatic carbocycles. The molecule has 1 aliphatic rings. The number of methoxy groups -OCH3 is 1. The molecule has 1 amide bonds. The SMILES string of the molecule is C=CCn1c(S[C@@H](C)C(=O)N[C@@H]2CCCc3ccccc32)nnc1-c1ccccc1OC. The fraction of sp³-hybridized carbons (Fsp3) is 0.320. The molecule has 0 saturated heterocycles. The number of ether oxygens (including phenoxy) is 1. The number of rotatable bonds is 8. The van der Waals surface area contributed by atoms with Crippen molar-refractivity contribution in [2.24, 2.45) is 0 Å². The third-order valence-electron chi connectivity index (χ3n) is 5.71. The number of nitrogens with one attached hydrogen (secondary N) is 1. The van der Waals surface area contributed by atoms with Crippen molar-refractivity contribution >= 4 is 17.7 Å². The highest BCUT2D eigenvalue weighted by molar-refractivity contribution is 8.00. The van der Waals surface area contributed by atoms with Crippen molar-refractivity contribution in [3.63, 3.8) is 0 Å². The van der Waals surface area contributed by atoms with E-state index in [0.29, 0.717) is 17.5 Å². The summed E-state index contributed by atoms with van der Waals surface area (Å²) < 4.78 is 7.46. The Morgan fingerprint density at radius 3 is 2.88 bits per heavy atom. The summed E-state index contributed by atoms with van der Waals surface area (Å²) in [4.78, 5) is 13.0. The highest BCUT2D eigenvalue weighted by Crippen LogP contribution is 2.33. The second-order valence-corrected chi connectivity index (χ2v) is 9.13. The van der Waals surface area contributed by atoms with E-state index in [0.717, 1.165) is 30.6 Å². The van der Waals surface area contributed by atoms with Gasteiger partial charge in [-0.2, -0.15) is 0 Å². The standard InChI is InChI=1S/C25H28N4O2S/c1-4-16-29-23(20-13-7-8-15-22(20)31-3)27-28-25(29)32-17(2)24(30)26-21-14-9-11-18-10-5-6-12-19(18)21/h4-8,10,12-13,15,17,21H,1,9,11,14,16H2,2-3H3,(H,26,30)/t17-,21+/m0/s1. The van der Waals surface area contributed by atoms with Crippen molar-refractivity contribution < 1.29 is 9.53 Å². The van der Waals surface area contributed by atoms with Crippen molar-refractivity contribution in [3.05, 3.63) is 72.3 Å². The summed E-state index contributed by atoms with van der Waals surface area (Å²) in [5.74, 6) is 1.42. The van der Waals surface area contributed by atoms with E-state index in [2.05, 4.69) is 40.3 Å². The Hall–Kier alpha value is -3.06. The third kappa shape index (κ3) is 4.58. The molecule has 0 saturated carbocycles. The fourth-order valence-electron chi connectivity index (χ4n) is 4.10. The summed E-state index contributed by atoms with van der Waals surface area (Å²) in [6, 6.07) is 16.1. The van der Waals surface area contributed by atoms with Gasteiger partial charge >= 0.3 is 0 Å². The van der Waals surface area contributed by atoms with E-state index >= 15 is 0 Å². The Labute approximate surface area is 193 Å². The summed E-state index contributed by atoms with van der Waals surface area (Å²) in [7, 11) is 1.64. The normalized spacial score (nSPS) is 16.1. The number of allylic oxidation sites excluding steroid dienone is 1. The minimum Gasteiger partial charge on any atom is -0.496 e. The van der Waals surface area contributed by atoms with Crippen LogP contribution in [0.2, 0.25) is 0 Å². The Kier molecular flexibility index (Phi) is 6.95. The van der Waals surface area contributed by atoms with Crippen LogP contribution in [0.15, 0.2) is 66.3 Å². The van der Waals surface area contributed by atoms with Gasteiger partial charge in [0.15, 0.2) is 11.0 Å². The summed E-state index contributed by atoms with van der Waals surface area (Å²) in [6.45, 7) is 6.31. The van der Waals surface area contributed by atoms with Crippen LogP contribution in [0.4, 0.5) is 0 Å². The largest absolute Gasteiger partial charge is 0.496 e. The van der Waals surface area contributed by atoms with Gasteiger partial charge in [0.2, 0.25) is 5.91 Å². The average Bonchev–Trinajstić information content (AvgIpc) is 3.21. The molecule has 166 valence electrons. The van der Waals surface area contributed by atoms with Gasteiger partial charge in [-0.15, -0.1) is 16.8 Å². The number of aryl methyl sites for hydroxylation is 1. The zero-order valence-electron chi connectivity index (χ0n) is 18.5. The highest BCUT2D eigenvalue weighted by atomic mass is 32.2.